The van der Waals surface area contributed by atoms with E-state index in [0.29, 0.717) is 34.6 Å². The second kappa shape index (κ2) is 6.91. The number of ketones is 3. The number of carbonyl (C=O) groups excluding carboxylic acids is 3. The van der Waals surface area contributed by atoms with E-state index in [0.717, 1.165) is 0 Å². The molecule has 0 atom stereocenters. The molecule has 0 amide bonds. The molecule has 8 nitrogen and oxygen atoms in total. The average molecular weight is 404 g/mol. The molecule has 2 heterocycles. The lowest BCUT2D eigenvalue weighted by atomic mass is 9.83. The Bertz CT molecular complexity index is 1280. The smallest absolute Gasteiger partial charge is 0.285 e. The highest BCUT2D eigenvalue weighted by Crippen LogP contribution is 2.34. The minimum Gasteiger partial charge on any atom is -0.454 e. The maximum Gasteiger partial charge on any atom is 0.285 e. The molecule has 3 aromatic rings. The lowest BCUT2D eigenvalue weighted by Gasteiger charge is -2.18. The van der Waals surface area contributed by atoms with Gasteiger partial charge in [0.2, 0.25) is 12.6 Å². The molecule has 0 saturated heterocycles. The second-order valence-electron chi connectivity index (χ2n) is 7.21. The Kier molecular flexibility index (Phi) is 4.20. The van der Waals surface area contributed by atoms with E-state index in [4.69, 9.17) is 9.47 Å². The number of ether oxygens (including phenoxy) is 2. The molecule has 0 radical (unpaired) electrons. The first-order valence-electron chi connectivity index (χ1n) is 9.56. The number of para-hydroxylation sites is 2. The van der Waals surface area contributed by atoms with Crippen LogP contribution in [0.2, 0.25) is 0 Å². The van der Waals surface area contributed by atoms with Crippen LogP contribution >= 0.6 is 0 Å². The van der Waals surface area contributed by atoms with Crippen LogP contribution in [0, 0.1) is 5.92 Å². The van der Waals surface area contributed by atoms with Gasteiger partial charge < -0.3 is 9.47 Å². The van der Waals surface area contributed by atoms with E-state index in [1.54, 1.807) is 42.5 Å². The fourth-order valence-corrected chi connectivity index (χ4v) is 3.91. The molecule has 0 spiro atoms. The van der Waals surface area contributed by atoms with Gasteiger partial charge in [-0.25, -0.2) is 4.98 Å². The zero-order chi connectivity index (χ0) is 20.8. The third-order valence-electron chi connectivity index (χ3n) is 5.36. The summed E-state index contributed by atoms with van der Waals surface area (Å²) in [6, 6.07) is 11.8. The molecule has 0 bridgehead atoms. The van der Waals surface area contributed by atoms with Crippen LogP contribution < -0.4 is 15.0 Å². The molecule has 1 saturated carbocycles. The fourth-order valence-electron chi connectivity index (χ4n) is 3.91. The van der Waals surface area contributed by atoms with Gasteiger partial charge in [0.25, 0.3) is 5.56 Å². The van der Waals surface area contributed by atoms with Crippen LogP contribution in [0.25, 0.3) is 16.7 Å². The molecule has 30 heavy (non-hydrogen) atoms. The molecular formula is C22H16N2O6. The number of rotatable bonds is 3. The zero-order valence-electron chi connectivity index (χ0n) is 15.8. The quantitative estimate of drug-likeness (QED) is 0.487. The zero-order valence-corrected chi connectivity index (χ0v) is 15.8. The molecule has 8 heteroatoms. The molecule has 150 valence electrons. The van der Waals surface area contributed by atoms with Crippen LogP contribution in [-0.2, 0) is 9.59 Å². The molecule has 1 aliphatic heterocycles. The van der Waals surface area contributed by atoms with Crippen molar-refractivity contribution < 1.29 is 23.9 Å². The summed E-state index contributed by atoms with van der Waals surface area (Å²) in [4.78, 5) is 55.2. The van der Waals surface area contributed by atoms with Crippen LogP contribution in [0.15, 0.2) is 47.3 Å². The van der Waals surface area contributed by atoms with E-state index < -0.39 is 34.5 Å². The summed E-state index contributed by atoms with van der Waals surface area (Å²) in [5.74, 6) is -2.17. The summed E-state index contributed by atoms with van der Waals surface area (Å²) in [5.41, 5.74) is 0.231. The minimum absolute atomic E-state index is 0.0837. The van der Waals surface area contributed by atoms with Gasteiger partial charge in [-0.15, -0.1) is 0 Å². The van der Waals surface area contributed by atoms with Gasteiger partial charge in [0.05, 0.1) is 16.7 Å². The van der Waals surface area contributed by atoms with Gasteiger partial charge in [-0.3, -0.25) is 23.7 Å². The van der Waals surface area contributed by atoms with Gasteiger partial charge in [0.15, 0.2) is 28.8 Å². The van der Waals surface area contributed by atoms with E-state index in [9.17, 15) is 19.2 Å². The van der Waals surface area contributed by atoms with Crippen LogP contribution in [0.1, 0.15) is 29.8 Å². The lowest BCUT2D eigenvalue weighted by molar-refractivity contribution is -0.133. The maximum atomic E-state index is 13.4. The van der Waals surface area contributed by atoms with Crippen molar-refractivity contribution >= 4 is 28.4 Å². The normalized spacial score (nSPS) is 16.3. The Morgan fingerprint density at radius 1 is 0.967 bits per heavy atom. The second-order valence-corrected chi connectivity index (χ2v) is 7.21. The van der Waals surface area contributed by atoms with Crippen LogP contribution in [0.5, 0.6) is 11.5 Å². The summed E-state index contributed by atoms with van der Waals surface area (Å²) < 4.78 is 12.1. The first-order chi connectivity index (χ1) is 14.5. The SMILES string of the molecule is O=C1CCCC(=O)C1C(=O)c1nc2ccccc2n(-c2ccc3c(c2)OCO3)c1=O. The highest BCUT2D eigenvalue weighted by atomic mass is 16.7. The predicted molar refractivity (Wildman–Crippen MR) is 105 cm³/mol. The number of hydrogen-bond acceptors (Lipinski definition) is 7. The number of benzene rings is 2. The first kappa shape index (κ1) is 18.2. The van der Waals surface area contributed by atoms with Crippen molar-refractivity contribution in [2.24, 2.45) is 5.92 Å². The monoisotopic (exact) mass is 404 g/mol. The van der Waals surface area contributed by atoms with E-state index in [-0.39, 0.29) is 19.6 Å². The van der Waals surface area contributed by atoms with Gasteiger partial charge in [-0.1, -0.05) is 12.1 Å². The highest BCUT2D eigenvalue weighted by molar-refractivity contribution is 6.24. The van der Waals surface area contributed by atoms with E-state index >= 15 is 0 Å². The van der Waals surface area contributed by atoms with Gasteiger partial charge >= 0.3 is 0 Å². The maximum absolute atomic E-state index is 13.4. The Morgan fingerprint density at radius 3 is 2.50 bits per heavy atom. The van der Waals surface area contributed by atoms with Crippen molar-refractivity contribution in [1.82, 2.24) is 9.55 Å². The number of Topliss-reactive ketones (excluding diaryl/α,β-unsaturated/α-hetero) is 3. The van der Waals surface area contributed by atoms with Crippen molar-refractivity contribution in [3.63, 3.8) is 0 Å². The third kappa shape index (κ3) is 2.80. The van der Waals surface area contributed by atoms with Gasteiger partial charge in [0, 0.05) is 18.9 Å². The summed E-state index contributed by atoms with van der Waals surface area (Å²) in [6.07, 6.45) is 0.714. The Balaban J connectivity index is 1.72. The summed E-state index contributed by atoms with van der Waals surface area (Å²) in [5, 5.41) is 0. The summed E-state index contributed by atoms with van der Waals surface area (Å²) in [6.45, 7) is 0.0837. The number of nitrogens with zero attached hydrogens (tertiary/aromatic N) is 2. The first-order valence-corrected chi connectivity index (χ1v) is 9.56. The van der Waals surface area contributed by atoms with Crippen molar-refractivity contribution in [2.45, 2.75) is 19.3 Å². The van der Waals surface area contributed by atoms with Crippen LogP contribution in [0.3, 0.4) is 0 Å². The van der Waals surface area contributed by atoms with E-state index in [2.05, 4.69) is 4.98 Å². The van der Waals surface area contributed by atoms with Crippen LogP contribution in [0.4, 0.5) is 0 Å². The Hall–Kier alpha value is -3.81. The minimum atomic E-state index is -1.45. The number of fused-ring (bicyclic) bond motifs is 2. The van der Waals surface area contributed by atoms with Crippen LogP contribution in [-0.4, -0.2) is 33.7 Å². The largest absolute Gasteiger partial charge is 0.454 e. The number of aromatic nitrogens is 2. The van der Waals surface area contributed by atoms with Crippen molar-refractivity contribution in [3.05, 3.63) is 58.5 Å². The predicted octanol–water partition coefficient (Wildman–Crippen LogP) is 2.24. The van der Waals surface area contributed by atoms with Crippen molar-refractivity contribution in [2.75, 3.05) is 6.79 Å². The number of hydrogen-bond donors (Lipinski definition) is 0. The molecule has 1 aliphatic carbocycles. The summed E-state index contributed by atoms with van der Waals surface area (Å²) >= 11 is 0. The third-order valence-corrected chi connectivity index (χ3v) is 5.36. The topological polar surface area (TPSA) is 105 Å². The fraction of sp³-hybridized carbons (Fsp3) is 0.227. The Morgan fingerprint density at radius 2 is 1.70 bits per heavy atom. The van der Waals surface area contributed by atoms with Crippen molar-refractivity contribution in [3.8, 4) is 17.2 Å². The van der Waals surface area contributed by atoms with Crippen molar-refractivity contribution in [1.29, 1.82) is 0 Å². The molecule has 1 fully saturated rings. The molecule has 2 aromatic carbocycles. The highest BCUT2D eigenvalue weighted by Gasteiger charge is 2.38. The van der Waals surface area contributed by atoms with Gasteiger partial charge in [-0.2, -0.15) is 0 Å². The Labute approximate surface area is 170 Å². The lowest BCUT2D eigenvalue weighted by Crippen LogP contribution is -2.39. The van der Waals surface area contributed by atoms with E-state index in [1.165, 1.54) is 4.57 Å². The van der Waals surface area contributed by atoms with Gasteiger partial charge in [0.1, 0.15) is 5.92 Å². The number of carbonyl (C=O) groups is 3. The molecule has 2 aliphatic rings. The average Bonchev–Trinajstić information content (AvgIpc) is 3.21. The molecule has 0 unspecified atom stereocenters. The summed E-state index contributed by atoms with van der Waals surface area (Å²) in [7, 11) is 0. The standard InChI is InChI=1S/C22H16N2O6/c25-15-6-3-7-16(26)19(15)21(27)20-22(28)24(14-5-2-1-4-13(14)23-20)12-8-9-17-18(10-12)30-11-29-17/h1-2,4-5,8-10,19H,3,6-7,11H2. The van der Waals surface area contributed by atoms with E-state index in [1.807, 2.05) is 0 Å². The molecule has 0 N–H and O–H groups in total. The van der Waals surface area contributed by atoms with Gasteiger partial charge in [-0.05, 0) is 30.7 Å². The molecule has 5 rings (SSSR count). The molecule has 1 aromatic heterocycles. The molecular weight excluding hydrogens is 388 g/mol.